The minimum Gasteiger partial charge on any atom is -0.494 e. The van der Waals surface area contributed by atoms with Gasteiger partial charge < -0.3 is 10.1 Å². The van der Waals surface area contributed by atoms with E-state index in [4.69, 9.17) is 4.74 Å². The van der Waals surface area contributed by atoms with Crippen LogP contribution in [0.5, 0.6) is 5.75 Å². The lowest BCUT2D eigenvalue weighted by Crippen LogP contribution is -2.15. The minimum atomic E-state index is -0.517. The number of nitro benzene ring substituents is 1. The number of amides is 1. The summed E-state index contributed by atoms with van der Waals surface area (Å²) in [4.78, 5) is 27.1. The predicted molar refractivity (Wildman–Crippen MR) is 112 cm³/mol. The van der Waals surface area contributed by atoms with Crippen molar-refractivity contribution in [1.82, 2.24) is 9.55 Å². The first kappa shape index (κ1) is 20.4. The second-order valence-electron chi connectivity index (χ2n) is 6.40. The molecule has 3 aromatic rings. The lowest BCUT2D eigenvalue weighted by Gasteiger charge is -2.11. The molecule has 150 valence electrons. The van der Waals surface area contributed by atoms with E-state index in [1.54, 1.807) is 6.20 Å². The van der Waals surface area contributed by atoms with Crippen LogP contribution in [0.4, 0.5) is 11.4 Å². The molecule has 0 saturated heterocycles. The zero-order valence-electron chi connectivity index (χ0n) is 16.2. The average molecular weight is 412 g/mol. The molecule has 0 radical (unpaired) electrons. The number of rotatable bonds is 7. The normalized spacial score (nSPS) is 10.6. The highest BCUT2D eigenvalue weighted by atomic mass is 32.2. The maximum Gasteiger partial charge on any atom is 0.273 e. The summed E-state index contributed by atoms with van der Waals surface area (Å²) in [5.74, 6) is 0.0912. The monoisotopic (exact) mass is 412 g/mol. The van der Waals surface area contributed by atoms with Crippen LogP contribution < -0.4 is 10.1 Å². The van der Waals surface area contributed by atoms with E-state index in [1.165, 1.54) is 37.1 Å². The number of carbonyl (C=O) groups excluding carboxylic acids is 1. The Morgan fingerprint density at radius 3 is 2.62 bits per heavy atom. The smallest absolute Gasteiger partial charge is 0.273 e. The second-order valence-corrected chi connectivity index (χ2v) is 7.35. The molecular weight excluding hydrogens is 392 g/mol. The Hall–Kier alpha value is -3.33. The van der Waals surface area contributed by atoms with E-state index in [0.717, 1.165) is 16.8 Å². The molecule has 0 unspecified atom stereocenters. The van der Waals surface area contributed by atoms with Crippen LogP contribution in [0.2, 0.25) is 0 Å². The minimum absolute atomic E-state index is 0.107. The van der Waals surface area contributed by atoms with Crippen molar-refractivity contribution in [3.8, 4) is 11.4 Å². The number of imidazole rings is 1. The number of nitrogens with zero attached hydrogens (tertiary/aromatic N) is 3. The summed E-state index contributed by atoms with van der Waals surface area (Å²) >= 11 is 1.30. The molecule has 29 heavy (non-hydrogen) atoms. The molecule has 0 saturated carbocycles. The van der Waals surface area contributed by atoms with Crippen LogP contribution in [-0.4, -0.2) is 33.2 Å². The molecule has 1 N–H and O–H groups in total. The van der Waals surface area contributed by atoms with Crippen molar-refractivity contribution >= 4 is 29.0 Å². The molecule has 0 bridgehead atoms. The number of hydrogen-bond acceptors (Lipinski definition) is 6. The van der Waals surface area contributed by atoms with Crippen LogP contribution in [0.1, 0.15) is 11.1 Å². The maximum absolute atomic E-state index is 12.4. The molecule has 0 atom stereocenters. The number of hydrogen-bond donors (Lipinski definition) is 1. The SMILES string of the molecule is COc1cc([N+](=O)[O-])ccc1NC(=O)CSc1nccn1-c1cc(C)cc(C)c1. The zero-order valence-corrected chi connectivity index (χ0v) is 17.0. The highest BCUT2D eigenvalue weighted by molar-refractivity contribution is 7.99. The largest absolute Gasteiger partial charge is 0.494 e. The van der Waals surface area contributed by atoms with Gasteiger partial charge in [-0.1, -0.05) is 17.8 Å². The van der Waals surface area contributed by atoms with Gasteiger partial charge in [0, 0.05) is 24.1 Å². The number of aryl methyl sites for hydroxylation is 2. The van der Waals surface area contributed by atoms with Gasteiger partial charge in [-0.2, -0.15) is 0 Å². The summed E-state index contributed by atoms with van der Waals surface area (Å²) in [6, 6.07) is 10.3. The van der Waals surface area contributed by atoms with E-state index in [0.29, 0.717) is 10.8 Å². The van der Waals surface area contributed by atoms with Gasteiger partial charge in [-0.05, 0) is 43.2 Å². The van der Waals surface area contributed by atoms with Crippen molar-refractivity contribution in [3.63, 3.8) is 0 Å². The first-order valence-corrected chi connectivity index (χ1v) is 9.73. The van der Waals surface area contributed by atoms with Gasteiger partial charge in [0.25, 0.3) is 5.69 Å². The summed E-state index contributed by atoms with van der Waals surface area (Å²) in [6.45, 7) is 4.07. The molecule has 3 rings (SSSR count). The molecule has 0 aliphatic rings. The number of benzene rings is 2. The Bertz CT molecular complexity index is 1040. The van der Waals surface area contributed by atoms with Crippen molar-refractivity contribution in [1.29, 1.82) is 0 Å². The van der Waals surface area contributed by atoms with E-state index in [1.807, 2.05) is 24.6 Å². The summed E-state index contributed by atoms with van der Waals surface area (Å²) in [5.41, 5.74) is 3.55. The van der Waals surface area contributed by atoms with Gasteiger partial charge in [0.1, 0.15) is 5.75 Å². The van der Waals surface area contributed by atoms with Gasteiger partial charge in [-0.3, -0.25) is 19.5 Å². The van der Waals surface area contributed by atoms with Crippen molar-refractivity contribution in [2.75, 3.05) is 18.2 Å². The first-order valence-electron chi connectivity index (χ1n) is 8.74. The first-order chi connectivity index (χ1) is 13.9. The van der Waals surface area contributed by atoms with Crippen LogP contribution >= 0.6 is 11.8 Å². The van der Waals surface area contributed by atoms with E-state index in [2.05, 4.69) is 28.5 Å². The van der Waals surface area contributed by atoms with Gasteiger partial charge >= 0.3 is 0 Å². The molecule has 0 aliphatic carbocycles. The molecule has 1 amide bonds. The fourth-order valence-corrected chi connectivity index (χ4v) is 3.67. The Morgan fingerprint density at radius 2 is 1.97 bits per heavy atom. The van der Waals surface area contributed by atoms with Gasteiger partial charge in [0.05, 0.1) is 29.5 Å². The topological polar surface area (TPSA) is 99.3 Å². The molecule has 9 heteroatoms. The molecule has 1 heterocycles. The Balaban J connectivity index is 1.70. The van der Waals surface area contributed by atoms with Crippen molar-refractivity contribution in [3.05, 3.63) is 70.0 Å². The number of methoxy groups -OCH3 is 1. The Labute approximate surface area is 172 Å². The van der Waals surface area contributed by atoms with Crippen LogP contribution in [0.15, 0.2) is 53.9 Å². The summed E-state index contributed by atoms with van der Waals surface area (Å²) in [7, 11) is 1.39. The van der Waals surface area contributed by atoms with E-state index >= 15 is 0 Å². The van der Waals surface area contributed by atoms with Crippen LogP contribution in [-0.2, 0) is 4.79 Å². The quantitative estimate of drug-likeness (QED) is 0.356. The third kappa shape index (κ3) is 4.94. The standard InChI is InChI=1S/C20H20N4O4S/c1-13-8-14(2)10-16(9-13)23-7-6-21-20(23)29-12-19(25)22-17-5-4-15(24(26)27)11-18(17)28-3/h4-11H,12H2,1-3H3,(H,22,25). The third-order valence-electron chi connectivity index (χ3n) is 4.09. The van der Waals surface area contributed by atoms with Crippen molar-refractivity contribution in [2.24, 2.45) is 0 Å². The number of carbonyl (C=O) groups is 1. The lowest BCUT2D eigenvalue weighted by atomic mass is 10.1. The van der Waals surface area contributed by atoms with Crippen LogP contribution in [0, 0.1) is 24.0 Å². The molecule has 0 spiro atoms. The average Bonchev–Trinajstić information content (AvgIpc) is 3.14. The second kappa shape index (κ2) is 8.78. The highest BCUT2D eigenvalue weighted by Gasteiger charge is 2.15. The van der Waals surface area contributed by atoms with E-state index in [9.17, 15) is 14.9 Å². The molecule has 1 aromatic heterocycles. The number of nitrogens with one attached hydrogen (secondary N) is 1. The zero-order chi connectivity index (χ0) is 21.0. The van der Waals surface area contributed by atoms with Crippen LogP contribution in [0.25, 0.3) is 5.69 Å². The molecule has 8 nitrogen and oxygen atoms in total. The van der Waals surface area contributed by atoms with Crippen molar-refractivity contribution < 1.29 is 14.5 Å². The predicted octanol–water partition coefficient (Wildman–Crippen LogP) is 4.14. The molecule has 0 fully saturated rings. The van der Waals surface area contributed by atoms with Gasteiger partial charge in [-0.25, -0.2) is 4.98 Å². The number of thioether (sulfide) groups is 1. The number of non-ortho nitro benzene ring substituents is 1. The van der Waals surface area contributed by atoms with Gasteiger partial charge in [-0.15, -0.1) is 0 Å². The van der Waals surface area contributed by atoms with Gasteiger partial charge in [0.15, 0.2) is 5.16 Å². The maximum atomic E-state index is 12.4. The summed E-state index contributed by atoms with van der Waals surface area (Å²) in [6.07, 6.45) is 3.55. The van der Waals surface area contributed by atoms with Crippen LogP contribution in [0.3, 0.4) is 0 Å². The molecule has 0 aliphatic heterocycles. The Morgan fingerprint density at radius 1 is 1.24 bits per heavy atom. The van der Waals surface area contributed by atoms with Gasteiger partial charge in [0.2, 0.25) is 5.91 Å². The molecule has 2 aromatic carbocycles. The number of nitro groups is 1. The van der Waals surface area contributed by atoms with E-state index in [-0.39, 0.29) is 23.1 Å². The lowest BCUT2D eigenvalue weighted by molar-refractivity contribution is -0.384. The third-order valence-corrected chi connectivity index (χ3v) is 5.06. The number of anilines is 1. The highest BCUT2D eigenvalue weighted by Crippen LogP contribution is 2.29. The van der Waals surface area contributed by atoms with E-state index < -0.39 is 4.92 Å². The number of ether oxygens (including phenoxy) is 1. The summed E-state index contributed by atoms with van der Waals surface area (Å²) < 4.78 is 7.08. The fraction of sp³-hybridized carbons (Fsp3) is 0.200. The summed E-state index contributed by atoms with van der Waals surface area (Å²) in [5, 5.41) is 14.3. The number of aromatic nitrogens is 2. The molecular formula is C20H20N4O4S. The Kier molecular flexibility index (Phi) is 6.18. The van der Waals surface area contributed by atoms with Crippen molar-refractivity contribution in [2.45, 2.75) is 19.0 Å². The fourth-order valence-electron chi connectivity index (χ4n) is 2.90.